The monoisotopic (exact) mass is 274 g/mol. The Labute approximate surface area is 119 Å². The number of aliphatic hydroxyl groups excluding tert-OH is 2. The van der Waals surface area contributed by atoms with E-state index in [4.69, 9.17) is 10.2 Å². The van der Waals surface area contributed by atoms with E-state index >= 15 is 0 Å². The van der Waals surface area contributed by atoms with Gasteiger partial charge in [-0.1, -0.05) is 26.7 Å². The number of aliphatic hydroxyl groups is 2. The zero-order valence-corrected chi connectivity index (χ0v) is 13.0. The minimum atomic E-state index is 0.176. The molecule has 0 bridgehead atoms. The molecular weight excluding hydrogens is 240 g/mol. The third-order valence-electron chi connectivity index (χ3n) is 3.44. The van der Waals surface area contributed by atoms with Gasteiger partial charge in [0, 0.05) is 13.1 Å². The summed E-state index contributed by atoms with van der Waals surface area (Å²) < 4.78 is 0. The minimum Gasteiger partial charge on any atom is -0.395 e. The van der Waals surface area contributed by atoms with Crippen molar-refractivity contribution in [3.8, 4) is 0 Å². The van der Waals surface area contributed by atoms with Crippen LogP contribution in [0.4, 0.5) is 0 Å². The van der Waals surface area contributed by atoms with E-state index in [0.29, 0.717) is 13.1 Å². The number of unbranched alkanes of at least 4 members (excludes halogenated alkanes) is 2. The molecule has 0 amide bonds. The fourth-order valence-electron chi connectivity index (χ4n) is 2.24. The van der Waals surface area contributed by atoms with Crippen LogP contribution in [0.5, 0.6) is 0 Å². The van der Waals surface area contributed by atoms with Gasteiger partial charge in [0.15, 0.2) is 0 Å². The molecule has 0 unspecified atom stereocenters. The van der Waals surface area contributed by atoms with Crippen molar-refractivity contribution in [2.75, 3.05) is 52.5 Å². The molecule has 0 atom stereocenters. The van der Waals surface area contributed by atoms with Gasteiger partial charge < -0.3 is 15.1 Å². The van der Waals surface area contributed by atoms with Gasteiger partial charge >= 0.3 is 0 Å². The molecule has 0 aliphatic carbocycles. The maximum Gasteiger partial charge on any atom is 0.0558 e. The Morgan fingerprint density at radius 3 is 1.32 bits per heavy atom. The molecule has 0 aromatic rings. The van der Waals surface area contributed by atoms with Crippen molar-refractivity contribution < 1.29 is 10.2 Å². The summed E-state index contributed by atoms with van der Waals surface area (Å²) >= 11 is 0. The summed E-state index contributed by atoms with van der Waals surface area (Å²) in [7, 11) is 0. The van der Waals surface area contributed by atoms with Crippen molar-refractivity contribution in [2.45, 2.75) is 46.0 Å². The molecule has 0 saturated carbocycles. The Balaban J connectivity index is 3.85. The van der Waals surface area contributed by atoms with Gasteiger partial charge in [0.1, 0.15) is 0 Å². The zero-order chi connectivity index (χ0) is 14.3. The highest BCUT2D eigenvalue weighted by molar-refractivity contribution is 4.62. The van der Waals surface area contributed by atoms with Crippen molar-refractivity contribution in [3.05, 3.63) is 0 Å². The molecule has 116 valence electrons. The Hall–Kier alpha value is -0.160. The predicted molar refractivity (Wildman–Crippen MR) is 81.5 cm³/mol. The number of rotatable bonds is 14. The zero-order valence-electron chi connectivity index (χ0n) is 13.0. The van der Waals surface area contributed by atoms with Gasteiger partial charge in [-0.05, 0) is 45.4 Å². The van der Waals surface area contributed by atoms with E-state index in [9.17, 15) is 0 Å². The molecule has 0 aromatic heterocycles. The molecule has 0 rings (SSSR count). The highest BCUT2D eigenvalue weighted by Crippen LogP contribution is 2.01. The van der Waals surface area contributed by atoms with E-state index in [2.05, 4.69) is 23.6 Å². The minimum absolute atomic E-state index is 0.176. The molecule has 0 spiro atoms. The molecule has 0 aliphatic rings. The SMILES string of the molecule is CCCCN(CCCC)CCCN(CCO)CCO. The average molecular weight is 274 g/mol. The fraction of sp³-hybridized carbons (Fsp3) is 1.00. The Morgan fingerprint density at radius 2 is 0.947 bits per heavy atom. The van der Waals surface area contributed by atoms with Crippen molar-refractivity contribution >= 4 is 0 Å². The lowest BCUT2D eigenvalue weighted by Crippen LogP contribution is -2.34. The van der Waals surface area contributed by atoms with Crippen LogP contribution in [0.2, 0.25) is 0 Å². The summed E-state index contributed by atoms with van der Waals surface area (Å²) in [6.07, 6.45) is 6.18. The van der Waals surface area contributed by atoms with Crippen LogP contribution in [-0.2, 0) is 0 Å². The maximum atomic E-state index is 8.97. The molecule has 0 radical (unpaired) electrons. The van der Waals surface area contributed by atoms with Gasteiger partial charge in [0.05, 0.1) is 13.2 Å². The molecule has 19 heavy (non-hydrogen) atoms. The summed E-state index contributed by atoms with van der Waals surface area (Å²) in [5.74, 6) is 0. The van der Waals surface area contributed by atoms with E-state index in [1.807, 2.05) is 0 Å². The summed E-state index contributed by atoms with van der Waals surface area (Å²) in [5.41, 5.74) is 0. The van der Waals surface area contributed by atoms with E-state index in [-0.39, 0.29) is 13.2 Å². The molecule has 0 aromatic carbocycles. The first-order valence-corrected chi connectivity index (χ1v) is 7.94. The normalized spacial score (nSPS) is 11.7. The van der Waals surface area contributed by atoms with Gasteiger partial charge in [-0.2, -0.15) is 0 Å². The van der Waals surface area contributed by atoms with Gasteiger partial charge in [-0.15, -0.1) is 0 Å². The number of hydrogen-bond acceptors (Lipinski definition) is 4. The lowest BCUT2D eigenvalue weighted by atomic mass is 10.2. The largest absolute Gasteiger partial charge is 0.395 e. The lowest BCUT2D eigenvalue weighted by Gasteiger charge is -2.25. The van der Waals surface area contributed by atoms with Crippen LogP contribution in [0.1, 0.15) is 46.0 Å². The van der Waals surface area contributed by atoms with Gasteiger partial charge in [-0.3, -0.25) is 4.90 Å². The summed E-state index contributed by atoms with van der Waals surface area (Å²) in [6, 6.07) is 0. The first-order valence-electron chi connectivity index (χ1n) is 7.94. The van der Waals surface area contributed by atoms with Crippen molar-refractivity contribution in [2.24, 2.45) is 0 Å². The van der Waals surface area contributed by atoms with Crippen molar-refractivity contribution in [3.63, 3.8) is 0 Å². The van der Waals surface area contributed by atoms with Crippen molar-refractivity contribution in [1.82, 2.24) is 9.80 Å². The average Bonchev–Trinajstić information content (AvgIpc) is 2.41. The van der Waals surface area contributed by atoms with Gasteiger partial charge in [0.25, 0.3) is 0 Å². The molecule has 0 heterocycles. The lowest BCUT2D eigenvalue weighted by molar-refractivity contribution is 0.152. The van der Waals surface area contributed by atoms with E-state index in [1.165, 1.54) is 38.8 Å². The topological polar surface area (TPSA) is 46.9 Å². The second-order valence-electron chi connectivity index (χ2n) is 5.19. The molecule has 0 fully saturated rings. The van der Waals surface area contributed by atoms with E-state index in [0.717, 1.165) is 19.5 Å². The first kappa shape index (κ1) is 18.8. The smallest absolute Gasteiger partial charge is 0.0558 e. The van der Waals surface area contributed by atoms with Crippen LogP contribution in [0.15, 0.2) is 0 Å². The second kappa shape index (κ2) is 14.3. The van der Waals surface area contributed by atoms with Crippen molar-refractivity contribution in [1.29, 1.82) is 0 Å². The van der Waals surface area contributed by atoms with E-state index < -0.39 is 0 Å². The molecule has 4 nitrogen and oxygen atoms in total. The van der Waals surface area contributed by atoms with Crippen LogP contribution < -0.4 is 0 Å². The predicted octanol–water partition coefficient (Wildman–Crippen LogP) is 1.57. The summed E-state index contributed by atoms with van der Waals surface area (Å²) in [4.78, 5) is 4.70. The van der Waals surface area contributed by atoms with Crippen LogP contribution in [0.3, 0.4) is 0 Å². The molecular formula is C15H34N2O2. The van der Waals surface area contributed by atoms with Crippen LogP contribution in [-0.4, -0.2) is 72.5 Å². The quantitative estimate of drug-likeness (QED) is 0.505. The Bertz CT molecular complexity index is 166. The Kier molecular flexibility index (Phi) is 14.1. The third kappa shape index (κ3) is 11.4. The Morgan fingerprint density at radius 1 is 0.579 bits per heavy atom. The first-order chi connectivity index (χ1) is 9.28. The molecule has 2 N–H and O–H groups in total. The number of nitrogens with zero attached hydrogens (tertiary/aromatic N) is 2. The molecule has 0 aliphatic heterocycles. The number of hydrogen-bond donors (Lipinski definition) is 2. The highest BCUT2D eigenvalue weighted by Gasteiger charge is 2.06. The van der Waals surface area contributed by atoms with Crippen LogP contribution >= 0.6 is 0 Å². The van der Waals surface area contributed by atoms with E-state index in [1.54, 1.807) is 0 Å². The molecule has 4 heteroatoms. The second-order valence-corrected chi connectivity index (χ2v) is 5.19. The fourth-order valence-corrected chi connectivity index (χ4v) is 2.24. The van der Waals surface area contributed by atoms with Crippen LogP contribution in [0, 0.1) is 0 Å². The summed E-state index contributed by atoms with van der Waals surface area (Å²) in [6.45, 7) is 10.7. The molecule has 0 saturated heterocycles. The van der Waals surface area contributed by atoms with Gasteiger partial charge in [-0.25, -0.2) is 0 Å². The van der Waals surface area contributed by atoms with Gasteiger partial charge in [0.2, 0.25) is 0 Å². The van der Waals surface area contributed by atoms with Crippen LogP contribution in [0.25, 0.3) is 0 Å². The summed E-state index contributed by atoms with van der Waals surface area (Å²) in [5, 5.41) is 17.9. The third-order valence-corrected chi connectivity index (χ3v) is 3.44. The highest BCUT2D eigenvalue weighted by atomic mass is 16.3. The maximum absolute atomic E-state index is 8.97. The standard InChI is InChI=1S/C15H34N2O2/c1-3-5-8-16(9-6-4-2)10-7-11-17(12-14-18)13-15-19/h18-19H,3-15H2,1-2H3.